The van der Waals surface area contributed by atoms with Crippen LogP contribution in [0, 0.1) is 17.8 Å². The molecule has 0 aromatic rings. The molecule has 2 nitrogen and oxygen atoms in total. The molecule has 0 aromatic carbocycles. The molecule has 0 spiro atoms. The van der Waals surface area contributed by atoms with E-state index in [1.54, 1.807) is 0 Å². The molecule has 19 heavy (non-hydrogen) atoms. The first kappa shape index (κ1) is 15.3. The maximum atomic E-state index is 3.62. The molecule has 0 radical (unpaired) electrons. The Morgan fingerprint density at radius 3 is 2.58 bits per heavy atom. The second-order valence-corrected chi connectivity index (χ2v) is 7.18. The molecule has 2 aliphatic rings. The zero-order valence-corrected chi connectivity index (χ0v) is 13.5. The van der Waals surface area contributed by atoms with Gasteiger partial charge in [0.05, 0.1) is 0 Å². The summed E-state index contributed by atoms with van der Waals surface area (Å²) in [6.07, 6.45) is 8.43. The van der Waals surface area contributed by atoms with Gasteiger partial charge in [0.25, 0.3) is 0 Å². The van der Waals surface area contributed by atoms with Crippen LogP contribution in [0.15, 0.2) is 0 Å². The molecule has 1 N–H and O–H groups in total. The zero-order chi connectivity index (χ0) is 13.8. The molecule has 1 saturated heterocycles. The van der Waals surface area contributed by atoms with E-state index in [0.717, 1.165) is 23.8 Å². The highest BCUT2D eigenvalue weighted by molar-refractivity contribution is 4.94. The molecule has 0 aromatic heterocycles. The first-order valence-electron chi connectivity index (χ1n) is 8.57. The lowest BCUT2D eigenvalue weighted by Gasteiger charge is -2.45. The smallest absolute Gasteiger partial charge is 0.0274 e. The van der Waals surface area contributed by atoms with E-state index in [2.05, 4.69) is 38.0 Å². The molecule has 112 valence electrons. The Morgan fingerprint density at radius 2 is 1.89 bits per heavy atom. The van der Waals surface area contributed by atoms with Crippen molar-refractivity contribution in [1.29, 1.82) is 0 Å². The molecule has 1 aliphatic heterocycles. The van der Waals surface area contributed by atoms with Crippen LogP contribution in [0.1, 0.15) is 59.3 Å². The minimum Gasteiger partial charge on any atom is -0.315 e. The predicted molar refractivity (Wildman–Crippen MR) is 83.4 cm³/mol. The van der Waals surface area contributed by atoms with Gasteiger partial charge in [-0.3, -0.25) is 4.90 Å². The van der Waals surface area contributed by atoms with Crippen molar-refractivity contribution in [3.8, 4) is 0 Å². The van der Waals surface area contributed by atoms with E-state index in [1.807, 2.05) is 0 Å². The summed E-state index contributed by atoms with van der Waals surface area (Å²) >= 11 is 0. The van der Waals surface area contributed by atoms with Crippen LogP contribution in [0.4, 0.5) is 0 Å². The second kappa shape index (κ2) is 7.08. The normalized spacial score (nSPS) is 42.0. The number of nitrogens with one attached hydrogen (secondary N) is 1. The molecule has 2 fully saturated rings. The molecular weight excluding hydrogens is 232 g/mol. The summed E-state index contributed by atoms with van der Waals surface area (Å²) in [6.45, 7) is 9.93. The Hall–Kier alpha value is -0.0800. The minimum atomic E-state index is 0.705. The van der Waals surface area contributed by atoms with Crippen LogP contribution >= 0.6 is 0 Å². The lowest BCUT2D eigenvalue weighted by molar-refractivity contribution is 0.0657. The van der Waals surface area contributed by atoms with E-state index in [0.29, 0.717) is 6.04 Å². The predicted octanol–water partition coefficient (Wildman–Crippen LogP) is 3.52. The Bertz CT molecular complexity index is 266. The van der Waals surface area contributed by atoms with Crippen molar-refractivity contribution in [2.24, 2.45) is 17.8 Å². The molecule has 1 aliphatic carbocycles. The van der Waals surface area contributed by atoms with E-state index in [4.69, 9.17) is 0 Å². The first-order chi connectivity index (χ1) is 9.15. The van der Waals surface area contributed by atoms with E-state index < -0.39 is 0 Å². The van der Waals surface area contributed by atoms with Gasteiger partial charge in [0.2, 0.25) is 0 Å². The van der Waals surface area contributed by atoms with Gasteiger partial charge >= 0.3 is 0 Å². The molecule has 2 heteroatoms. The number of likely N-dealkylation sites (N-methyl/N-ethyl adjacent to an activating group) is 1. The summed E-state index contributed by atoms with van der Waals surface area (Å²) in [5.74, 6) is 2.72. The molecule has 0 amide bonds. The Kier molecular flexibility index (Phi) is 5.70. The highest BCUT2D eigenvalue weighted by atomic mass is 15.2. The van der Waals surface area contributed by atoms with Crippen LogP contribution in [0.5, 0.6) is 0 Å². The van der Waals surface area contributed by atoms with Crippen molar-refractivity contribution in [3.63, 3.8) is 0 Å². The van der Waals surface area contributed by atoms with Gasteiger partial charge in [-0.1, -0.05) is 27.2 Å². The topological polar surface area (TPSA) is 15.3 Å². The van der Waals surface area contributed by atoms with Crippen LogP contribution < -0.4 is 5.32 Å². The molecule has 5 unspecified atom stereocenters. The molecule has 2 rings (SSSR count). The first-order valence-corrected chi connectivity index (χ1v) is 8.57. The highest BCUT2D eigenvalue weighted by Crippen LogP contribution is 2.34. The van der Waals surface area contributed by atoms with Gasteiger partial charge in [-0.15, -0.1) is 0 Å². The van der Waals surface area contributed by atoms with Crippen molar-refractivity contribution in [2.45, 2.75) is 71.4 Å². The lowest BCUT2D eigenvalue weighted by Crippen LogP contribution is -2.56. The third kappa shape index (κ3) is 3.72. The molecular formula is C17H34N2. The summed E-state index contributed by atoms with van der Waals surface area (Å²) in [5.41, 5.74) is 0. The fourth-order valence-electron chi connectivity index (χ4n) is 4.64. The number of hydrogen-bond donors (Lipinski definition) is 1. The quantitative estimate of drug-likeness (QED) is 0.841. The summed E-state index contributed by atoms with van der Waals surface area (Å²) in [4.78, 5) is 2.83. The molecule has 5 atom stereocenters. The Labute approximate surface area is 120 Å². The molecule has 1 heterocycles. The lowest BCUT2D eigenvalue weighted by atomic mass is 9.75. The van der Waals surface area contributed by atoms with Crippen LogP contribution in [0.2, 0.25) is 0 Å². The van der Waals surface area contributed by atoms with Gasteiger partial charge in [-0.2, -0.15) is 0 Å². The van der Waals surface area contributed by atoms with E-state index in [9.17, 15) is 0 Å². The van der Waals surface area contributed by atoms with Crippen molar-refractivity contribution in [3.05, 3.63) is 0 Å². The van der Waals surface area contributed by atoms with Crippen molar-refractivity contribution >= 4 is 0 Å². The van der Waals surface area contributed by atoms with Crippen molar-refractivity contribution < 1.29 is 0 Å². The van der Waals surface area contributed by atoms with Crippen LogP contribution in [0.3, 0.4) is 0 Å². The van der Waals surface area contributed by atoms with E-state index >= 15 is 0 Å². The van der Waals surface area contributed by atoms with Gasteiger partial charge in [0.1, 0.15) is 0 Å². The maximum absolute atomic E-state index is 3.62. The van der Waals surface area contributed by atoms with Gasteiger partial charge in [0.15, 0.2) is 0 Å². The summed E-state index contributed by atoms with van der Waals surface area (Å²) in [7, 11) is 2.16. The standard InChI is InChI=1S/C17H34N2/c1-5-15-7-6-9-19(10-8-15)17-14(3)11-13(2)12-16(17)18-4/h13-18H,5-12H2,1-4H3. The van der Waals surface area contributed by atoms with Gasteiger partial charge in [-0.05, 0) is 70.0 Å². The minimum absolute atomic E-state index is 0.705. The van der Waals surface area contributed by atoms with Gasteiger partial charge < -0.3 is 5.32 Å². The monoisotopic (exact) mass is 266 g/mol. The van der Waals surface area contributed by atoms with Crippen molar-refractivity contribution in [1.82, 2.24) is 10.2 Å². The Morgan fingerprint density at radius 1 is 1.11 bits per heavy atom. The average Bonchev–Trinajstić information content (AvgIpc) is 2.63. The second-order valence-electron chi connectivity index (χ2n) is 7.18. The van der Waals surface area contributed by atoms with Crippen LogP contribution in [-0.4, -0.2) is 37.1 Å². The largest absolute Gasteiger partial charge is 0.315 e. The van der Waals surface area contributed by atoms with Crippen LogP contribution in [0.25, 0.3) is 0 Å². The van der Waals surface area contributed by atoms with Crippen molar-refractivity contribution in [2.75, 3.05) is 20.1 Å². The van der Waals surface area contributed by atoms with E-state index in [1.165, 1.54) is 51.6 Å². The van der Waals surface area contributed by atoms with Gasteiger partial charge in [0, 0.05) is 12.1 Å². The fraction of sp³-hybridized carbons (Fsp3) is 1.00. The highest BCUT2D eigenvalue weighted by Gasteiger charge is 2.37. The summed E-state index contributed by atoms with van der Waals surface area (Å²) in [5, 5.41) is 3.62. The third-order valence-corrected chi connectivity index (χ3v) is 5.68. The molecule has 0 bridgehead atoms. The van der Waals surface area contributed by atoms with Crippen LogP contribution in [-0.2, 0) is 0 Å². The number of likely N-dealkylation sites (tertiary alicyclic amines) is 1. The molecule has 1 saturated carbocycles. The summed E-state index contributed by atoms with van der Waals surface area (Å²) < 4.78 is 0. The third-order valence-electron chi connectivity index (χ3n) is 5.68. The fourth-order valence-corrected chi connectivity index (χ4v) is 4.64. The number of nitrogens with zero attached hydrogens (tertiary/aromatic N) is 1. The average molecular weight is 266 g/mol. The number of rotatable bonds is 3. The summed E-state index contributed by atoms with van der Waals surface area (Å²) in [6, 6.07) is 1.48. The zero-order valence-electron chi connectivity index (χ0n) is 13.5. The Balaban J connectivity index is 2.01. The van der Waals surface area contributed by atoms with E-state index in [-0.39, 0.29) is 0 Å². The maximum Gasteiger partial charge on any atom is 0.0274 e. The SMILES string of the molecule is CCC1CCCN(C2C(C)CC(C)CC2NC)CC1. The van der Waals surface area contributed by atoms with Gasteiger partial charge in [-0.25, -0.2) is 0 Å². The number of hydrogen-bond acceptors (Lipinski definition) is 2.